The molecule has 4 nitrogen and oxygen atoms in total. The minimum atomic E-state index is -0.966. The molecule has 6 unspecified atom stereocenters. The Hall–Kier alpha value is -2.40. The maximum absolute atomic E-state index is 15.9. The van der Waals surface area contributed by atoms with Gasteiger partial charge in [0.1, 0.15) is 11.9 Å². The molecular formula is C33H44FNO3. The number of fused-ring (bicyclic) bond motifs is 5. The van der Waals surface area contributed by atoms with E-state index in [0.29, 0.717) is 31.2 Å². The summed E-state index contributed by atoms with van der Waals surface area (Å²) < 4.78 is 15.9. The number of benzene rings is 2. The summed E-state index contributed by atoms with van der Waals surface area (Å²) in [6, 6.07) is 15.7. The van der Waals surface area contributed by atoms with Crippen molar-refractivity contribution in [1.29, 1.82) is 0 Å². The lowest BCUT2D eigenvalue weighted by Gasteiger charge is -2.54. The van der Waals surface area contributed by atoms with Crippen LogP contribution in [0.4, 0.5) is 4.39 Å². The fourth-order valence-electron chi connectivity index (χ4n) is 8.24. The molecule has 0 saturated heterocycles. The van der Waals surface area contributed by atoms with Gasteiger partial charge in [-0.25, -0.2) is 4.39 Å². The molecule has 3 aliphatic carbocycles. The van der Waals surface area contributed by atoms with Crippen LogP contribution in [0.1, 0.15) is 87.8 Å². The molecule has 7 atom stereocenters. The Morgan fingerprint density at radius 1 is 1.11 bits per heavy atom. The van der Waals surface area contributed by atoms with Gasteiger partial charge in [-0.2, -0.15) is 0 Å². The Kier molecular flexibility index (Phi) is 8.14. The molecule has 2 fully saturated rings. The van der Waals surface area contributed by atoms with Crippen molar-refractivity contribution in [3.8, 4) is 5.75 Å². The molecule has 1 amide bonds. The largest absolute Gasteiger partial charge is 0.508 e. The Morgan fingerprint density at radius 2 is 1.89 bits per heavy atom. The van der Waals surface area contributed by atoms with Gasteiger partial charge >= 0.3 is 0 Å². The van der Waals surface area contributed by atoms with Crippen LogP contribution in [0.2, 0.25) is 0 Å². The van der Waals surface area contributed by atoms with Gasteiger partial charge < -0.3 is 15.1 Å². The number of alkyl halides is 1. The second-order valence-corrected chi connectivity index (χ2v) is 12.4. The van der Waals surface area contributed by atoms with Crippen LogP contribution >= 0.6 is 0 Å². The van der Waals surface area contributed by atoms with E-state index in [1.54, 1.807) is 6.07 Å². The zero-order valence-electron chi connectivity index (χ0n) is 23.0. The van der Waals surface area contributed by atoms with Crippen molar-refractivity contribution >= 4 is 5.91 Å². The van der Waals surface area contributed by atoms with Gasteiger partial charge in [0.05, 0.1) is 6.10 Å². The number of aliphatic hydroxyl groups is 1. The minimum absolute atomic E-state index is 0.142. The highest BCUT2D eigenvalue weighted by atomic mass is 19.1. The number of phenolic OH excluding ortho intramolecular Hbond substituents is 1. The molecule has 0 spiro atoms. The molecule has 2 saturated carbocycles. The maximum Gasteiger partial charge on any atom is 0.222 e. The van der Waals surface area contributed by atoms with Crippen LogP contribution in [0, 0.1) is 23.2 Å². The molecule has 0 heterocycles. The number of phenols is 1. The number of nitrogens with zero attached hydrogens (tertiary/aromatic N) is 1. The number of rotatable bonds is 9. The number of aliphatic hydroxyl groups excluding tert-OH is 1. The fourth-order valence-corrected chi connectivity index (χ4v) is 8.24. The number of halogens is 1. The van der Waals surface area contributed by atoms with Crippen LogP contribution in [0.3, 0.4) is 0 Å². The average Bonchev–Trinajstić information content (AvgIpc) is 3.20. The number of hydrogen-bond acceptors (Lipinski definition) is 3. The van der Waals surface area contributed by atoms with Crippen molar-refractivity contribution in [2.45, 2.75) is 96.4 Å². The summed E-state index contributed by atoms with van der Waals surface area (Å²) in [5.74, 6) is 1.22. The first kappa shape index (κ1) is 27.2. The lowest BCUT2D eigenvalue weighted by Crippen LogP contribution is -2.51. The van der Waals surface area contributed by atoms with E-state index in [0.717, 1.165) is 68.2 Å². The van der Waals surface area contributed by atoms with Crippen molar-refractivity contribution in [3.63, 3.8) is 0 Å². The van der Waals surface area contributed by atoms with Crippen molar-refractivity contribution in [3.05, 3.63) is 65.2 Å². The second kappa shape index (κ2) is 11.4. The quantitative estimate of drug-likeness (QED) is 0.358. The molecule has 2 aromatic carbocycles. The van der Waals surface area contributed by atoms with Gasteiger partial charge in [0.15, 0.2) is 0 Å². The second-order valence-electron chi connectivity index (χ2n) is 12.4. The van der Waals surface area contributed by atoms with Gasteiger partial charge in [-0.3, -0.25) is 4.79 Å². The maximum atomic E-state index is 15.9. The van der Waals surface area contributed by atoms with Crippen LogP contribution in [0.5, 0.6) is 5.75 Å². The monoisotopic (exact) mass is 521 g/mol. The molecule has 206 valence electrons. The van der Waals surface area contributed by atoms with Gasteiger partial charge in [0.2, 0.25) is 5.91 Å². The topological polar surface area (TPSA) is 60.8 Å². The number of carbonyl (C=O) groups is 1. The predicted octanol–water partition coefficient (Wildman–Crippen LogP) is 6.78. The number of hydrogen-bond donors (Lipinski definition) is 2. The summed E-state index contributed by atoms with van der Waals surface area (Å²) in [5.41, 5.74) is 2.99. The number of unbranched alkanes of at least 4 members (excludes halogenated alkanes) is 2. The number of amides is 1. The summed E-state index contributed by atoms with van der Waals surface area (Å²) in [6.07, 6.45) is 6.24. The van der Waals surface area contributed by atoms with E-state index in [2.05, 4.69) is 19.1 Å². The molecular weight excluding hydrogens is 477 g/mol. The van der Waals surface area contributed by atoms with Gasteiger partial charge in [-0.1, -0.05) is 63.1 Å². The van der Waals surface area contributed by atoms with E-state index in [-0.39, 0.29) is 28.9 Å². The zero-order valence-corrected chi connectivity index (χ0v) is 23.0. The van der Waals surface area contributed by atoms with Crippen molar-refractivity contribution in [2.24, 2.45) is 23.2 Å². The first-order valence-corrected chi connectivity index (χ1v) is 14.8. The first-order valence-electron chi connectivity index (χ1n) is 14.8. The predicted molar refractivity (Wildman–Crippen MR) is 149 cm³/mol. The van der Waals surface area contributed by atoms with E-state index in [1.165, 1.54) is 0 Å². The van der Waals surface area contributed by atoms with Crippen LogP contribution in [-0.2, 0) is 17.8 Å². The van der Waals surface area contributed by atoms with Crippen molar-refractivity contribution in [1.82, 2.24) is 4.90 Å². The zero-order chi connectivity index (χ0) is 26.9. The number of carbonyl (C=O) groups excluding carboxylic acids is 1. The Bertz CT molecular complexity index is 1110. The molecule has 0 bridgehead atoms. The molecule has 3 aliphatic rings. The van der Waals surface area contributed by atoms with Crippen molar-refractivity contribution in [2.75, 3.05) is 6.54 Å². The number of aromatic hydroxyl groups is 1. The first-order chi connectivity index (χ1) is 18.3. The van der Waals surface area contributed by atoms with Crippen LogP contribution < -0.4 is 0 Å². The normalized spacial score (nSPS) is 31.8. The summed E-state index contributed by atoms with van der Waals surface area (Å²) in [6.45, 7) is 5.45. The Labute approximate surface area is 227 Å². The van der Waals surface area contributed by atoms with E-state index >= 15 is 4.39 Å². The van der Waals surface area contributed by atoms with Gasteiger partial charge in [0.25, 0.3) is 0 Å². The van der Waals surface area contributed by atoms with Crippen LogP contribution in [0.25, 0.3) is 0 Å². The lowest BCUT2D eigenvalue weighted by atomic mass is 9.51. The SMILES string of the molecule is CCC(=O)N(CCCCCC1Cc2cc(O)ccc2C2C(F)C[C@]3(C)C(O)CCC3C12)Cc1ccccc1. The Balaban J connectivity index is 1.26. The molecule has 2 aromatic rings. The van der Waals surface area contributed by atoms with Crippen LogP contribution in [-0.4, -0.2) is 39.8 Å². The van der Waals surface area contributed by atoms with Crippen molar-refractivity contribution < 1.29 is 19.4 Å². The standard InChI is InChI=1S/C33H44FNO3/c1-3-30(38)35(21-22-10-6-4-7-11-22)17-9-5-8-12-23-18-24-19-25(36)13-14-26(24)32-28(34)20-33(2)27(31(23)32)15-16-29(33)37/h4,6-7,10-11,13-14,19,23,27-29,31-32,36-37H,3,5,8-9,12,15-18,20-21H2,1-2H3/t23?,27?,28?,29?,31?,32?,33-/m0/s1. The highest BCUT2D eigenvalue weighted by molar-refractivity contribution is 5.75. The summed E-state index contributed by atoms with van der Waals surface area (Å²) in [5, 5.41) is 21.0. The van der Waals surface area contributed by atoms with E-state index in [4.69, 9.17) is 0 Å². The molecule has 0 aromatic heterocycles. The van der Waals surface area contributed by atoms with Crippen LogP contribution in [0.15, 0.2) is 48.5 Å². The molecule has 0 radical (unpaired) electrons. The third-order valence-corrected chi connectivity index (χ3v) is 10.1. The lowest BCUT2D eigenvalue weighted by molar-refractivity contribution is -0.131. The molecule has 38 heavy (non-hydrogen) atoms. The van der Waals surface area contributed by atoms with Gasteiger partial charge in [-0.15, -0.1) is 0 Å². The summed E-state index contributed by atoms with van der Waals surface area (Å²) in [4.78, 5) is 14.5. The average molecular weight is 522 g/mol. The van der Waals surface area contributed by atoms with E-state index in [1.807, 2.05) is 42.2 Å². The third kappa shape index (κ3) is 5.23. The van der Waals surface area contributed by atoms with E-state index < -0.39 is 12.3 Å². The van der Waals surface area contributed by atoms with Gasteiger partial charge in [-0.05, 0) is 90.5 Å². The Morgan fingerprint density at radius 3 is 2.66 bits per heavy atom. The molecule has 5 rings (SSSR count). The molecule has 0 aliphatic heterocycles. The molecule has 2 N–H and O–H groups in total. The molecule has 5 heteroatoms. The minimum Gasteiger partial charge on any atom is -0.508 e. The summed E-state index contributed by atoms with van der Waals surface area (Å²) in [7, 11) is 0. The fraction of sp³-hybridized carbons (Fsp3) is 0.606. The van der Waals surface area contributed by atoms with E-state index in [9.17, 15) is 15.0 Å². The summed E-state index contributed by atoms with van der Waals surface area (Å²) >= 11 is 0. The highest BCUT2D eigenvalue weighted by Gasteiger charge is 2.59. The highest BCUT2D eigenvalue weighted by Crippen LogP contribution is 2.63. The van der Waals surface area contributed by atoms with Gasteiger partial charge in [0, 0.05) is 25.4 Å². The smallest absolute Gasteiger partial charge is 0.222 e. The third-order valence-electron chi connectivity index (χ3n) is 10.1.